The van der Waals surface area contributed by atoms with Gasteiger partial charge in [-0.3, -0.25) is 4.79 Å². The van der Waals surface area contributed by atoms with Crippen LogP contribution in [0.5, 0.6) is 23.0 Å². The molecule has 0 amide bonds. The molecular formula is C30H35NO7. The molecule has 0 aromatic heterocycles. The summed E-state index contributed by atoms with van der Waals surface area (Å²) in [6, 6.07) is 11.3. The van der Waals surface area contributed by atoms with Crippen LogP contribution in [0.25, 0.3) is 0 Å². The van der Waals surface area contributed by atoms with E-state index in [9.17, 15) is 9.59 Å². The van der Waals surface area contributed by atoms with Crippen LogP contribution in [-0.4, -0.2) is 46.8 Å². The fraction of sp³-hybridized carbons (Fsp3) is 0.400. The SMILES string of the molecule is CCCOc1ccc([C@@H]2C(C(=O)OC)=C(C)NC3=C2C(=O)C[C@H](c2ccc(OC)c(OC)c2)C3)cc1OC. The molecule has 38 heavy (non-hydrogen) atoms. The molecule has 202 valence electrons. The van der Waals surface area contributed by atoms with Crippen molar-refractivity contribution in [1.29, 1.82) is 0 Å². The van der Waals surface area contributed by atoms with Crippen molar-refractivity contribution in [2.75, 3.05) is 35.0 Å². The van der Waals surface area contributed by atoms with E-state index in [1.807, 2.05) is 50.2 Å². The molecule has 8 heteroatoms. The van der Waals surface area contributed by atoms with E-state index < -0.39 is 11.9 Å². The minimum atomic E-state index is -0.591. The van der Waals surface area contributed by atoms with Crippen molar-refractivity contribution in [2.24, 2.45) is 0 Å². The monoisotopic (exact) mass is 521 g/mol. The number of carbonyl (C=O) groups excluding carboxylic acids is 2. The first-order valence-electron chi connectivity index (χ1n) is 12.7. The molecule has 0 saturated carbocycles. The smallest absolute Gasteiger partial charge is 0.336 e. The Morgan fingerprint density at radius 3 is 2.18 bits per heavy atom. The lowest BCUT2D eigenvalue weighted by atomic mass is 9.71. The molecule has 1 N–H and O–H groups in total. The zero-order valence-corrected chi connectivity index (χ0v) is 22.8. The Morgan fingerprint density at radius 1 is 0.895 bits per heavy atom. The van der Waals surface area contributed by atoms with Gasteiger partial charge in [-0.25, -0.2) is 4.79 Å². The van der Waals surface area contributed by atoms with Crippen LogP contribution in [0.2, 0.25) is 0 Å². The van der Waals surface area contributed by atoms with Crippen LogP contribution in [0.15, 0.2) is 58.9 Å². The predicted octanol–water partition coefficient (Wildman–Crippen LogP) is 5.04. The largest absolute Gasteiger partial charge is 0.493 e. The van der Waals surface area contributed by atoms with Crippen molar-refractivity contribution >= 4 is 11.8 Å². The Morgan fingerprint density at radius 2 is 1.53 bits per heavy atom. The molecule has 4 rings (SSSR count). The van der Waals surface area contributed by atoms with Gasteiger partial charge in [0.05, 0.1) is 40.6 Å². The number of rotatable bonds is 9. The molecule has 0 saturated heterocycles. The number of esters is 1. The Hall–Kier alpha value is -3.94. The first-order valence-corrected chi connectivity index (χ1v) is 12.7. The zero-order valence-electron chi connectivity index (χ0n) is 22.8. The molecular weight excluding hydrogens is 486 g/mol. The van der Waals surface area contributed by atoms with Gasteiger partial charge in [0.2, 0.25) is 0 Å². The summed E-state index contributed by atoms with van der Waals surface area (Å²) in [6.45, 7) is 4.42. The van der Waals surface area contributed by atoms with Crippen molar-refractivity contribution in [1.82, 2.24) is 5.32 Å². The van der Waals surface area contributed by atoms with Crippen LogP contribution in [0.3, 0.4) is 0 Å². The lowest BCUT2D eigenvalue weighted by Gasteiger charge is -2.36. The van der Waals surface area contributed by atoms with E-state index in [1.165, 1.54) is 7.11 Å². The molecule has 8 nitrogen and oxygen atoms in total. The molecule has 2 aromatic carbocycles. The second-order valence-electron chi connectivity index (χ2n) is 9.38. The standard InChI is InChI=1S/C30H35NO7/c1-7-12-38-24-11-9-19(16-26(24)36-5)28-27(30(33)37-6)17(2)31-21-13-20(14-22(32)29(21)28)18-8-10-23(34-3)25(15-18)35-4/h8-11,15-16,20,28,31H,7,12-14H2,1-6H3/t20-,28-/m1/s1. The summed E-state index contributed by atoms with van der Waals surface area (Å²) in [7, 11) is 6.11. The first kappa shape index (κ1) is 27.1. The third-order valence-corrected chi connectivity index (χ3v) is 7.09. The summed E-state index contributed by atoms with van der Waals surface area (Å²) in [4.78, 5) is 26.8. The molecule has 1 heterocycles. The van der Waals surface area contributed by atoms with Gasteiger partial charge < -0.3 is 29.0 Å². The number of allylic oxidation sites excluding steroid dienone is 3. The van der Waals surface area contributed by atoms with E-state index in [1.54, 1.807) is 21.3 Å². The summed E-state index contributed by atoms with van der Waals surface area (Å²) in [5.41, 5.74) is 4.20. The predicted molar refractivity (Wildman–Crippen MR) is 143 cm³/mol. The number of ketones is 1. The van der Waals surface area contributed by atoms with Gasteiger partial charge in [0, 0.05) is 29.3 Å². The van der Waals surface area contributed by atoms with Gasteiger partial charge in [0.15, 0.2) is 28.8 Å². The van der Waals surface area contributed by atoms with Crippen LogP contribution < -0.4 is 24.3 Å². The highest BCUT2D eigenvalue weighted by atomic mass is 16.5. The summed E-state index contributed by atoms with van der Waals surface area (Å²) in [6.07, 6.45) is 1.77. The van der Waals surface area contributed by atoms with Crippen LogP contribution in [0.4, 0.5) is 0 Å². The minimum Gasteiger partial charge on any atom is -0.493 e. The maximum Gasteiger partial charge on any atom is 0.336 e. The van der Waals surface area contributed by atoms with Crippen molar-refractivity contribution in [3.63, 3.8) is 0 Å². The molecule has 2 aliphatic rings. The van der Waals surface area contributed by atoms with E-state index in [2.05, 4.69) is 5.32 Å². The van der Waals surface area contributed by atoms with E-state index in [-0.39, 0.29) is 11.7 Å². The fourth-order valence-corrected chi connectivity index (χ4v) is 5.29. The Balaban J connectivity index is 1.78. The third kappa shape index (κ3) is 5.08. The molecule has 0 spiro atoms. The Labute approximate surface area is 223 Å². The van der Waals surface area contributed by atoms with Gasteiger partial charge in [-0.15, -0.1) is 0 Å². The molecule has 0 bridgehead atoms. The van der Waals surface area contributed by atoms with Gasteiger partial charge >= 0.3 is 5.97 Å². The van der Waals surface area contributed by atoms with Gasteiger partial charge in [-0.2, -0.15) is 0 Å². The quantitative estimate of drug-likeness (QED) is 0.459. The van der Waals surface area contributed by atoms with Gasteiger partial charge in [-0.05, 0) is 61.1 Å². The van der Waals surface area contributed by atoms with Crippen molar-refractivity contribution in [3.8, 4) is 23.0 Å². The topological polar surface area (TPSA) is 92.3 Å². The second kappa shape index (κ2) is 11.6. The fourth-order valence-electron chi connectivity index (χ4n) is 5.29. The number of benzene rings is 2. The minimum absolute atomic E-state index is 0.0253. The lowest BCUT2D eigenvalue weighted by Crippen LogP contribution is -2.36. The first-order chi connectivity index (χ1) is 18.4. The molecule has 0 unspecified atom stereocenters. The van der Waals surface area contributed by atoms with Crippen molar-refractivity contribution < 1.29 is 33.3 Å². The lowest BCUT2D eigenvalue weighted by molar-refractivity contribution is -0.136. The third-order valence-electron chi connectivity index (χ3n) is 7.09. The Kier molecular flexibility index (Phi) is 8.29. The normalized spacial score (nSPS) is 18.9. The molecule has 1 aliphatic heterocycles. The van der Waals surface area contributed by atoms with Crippen LogP contribution >= 0.6 is 0 Å². The highest BCUT2D eigenvalue weighted by Crippen LogP contribution is 2.47. The number of Topliss-reactive ketones (excluding diaryl/α,β-unsaturated/α-hetero) is 1. The number of ether oxygens (including phenoxy) is 5. The van der Waals surface area contributed by atoms with Crippen LogP contribution in [-0.2, 0) is 14.3 Å². The molecule has 1 aliphatic carbocycles. The zero-order chi connectivity index (χ0) is 27.4. The van der Waals surface area contributed by atoms with Gasteiger partial charge in [-0.1, -0.05) is 19.1 Å². The van der Waals surface area contributed by atoms with Crippen LogP contribution in [0, 0.1) is 0 Å². The number of methoxy groups -OCH3 is 4. The second-order valence-corrected chi connectivity index (χ2v) is 9.38. The summed E-state index contributed by atoms with van der Waals surface area (Å²) < 4.78 is 27.4. The number of nitrogens with one attached hydrogen (secondary N) is 1. The highest BCUT2D eigenvalue weighted by molar-refractivity contribution is 6.04. The molecule has 0 fully saturated rings. The highest BCUT2D eigenvalue weighted by Gasteiger charge is 2.41. The average molecular weight is 522 g/mol. The number of carbonyl (C=O) groups is 2. The molecule has 2 aromatic rings. The van der Waals surface area contributed by atoms with E-state index >= 15 is 0 Å². The summed E-state index contributed by atoms with van der Waals surface area (Å²) >= 11 is 0. The average Bonchev–Trinajstić information content (AvgIpc) is 2.94. The number of hydrogen-bond donors (Lipinski definition) is 1. The molecule has 2 atom stereocenters. The van der Waals surface area contributed by atoms with Crippen molar-refractivity contribution in [2.45, 2.75) is 44.9 Å². The van der Waals surface area contributed by atoms with Crippen LogP contribution in [0.1, 0.15) is 56.1 Å². The summed E-state index contributed by atoms with van der Waals surface area (Å²) in [5, 5.41) is 3.36. The maximum absolute atomic E-state index is 13.8. The summed E-state index contributed by atoms with van der Waals surface area (Å²) in [5.74, 6) is 1.27. The van der Waals surface area contributed by atoms with Gasteiger partial charge in [0.25, 0.3) is 0 Å². The van der Waals surface area contributed by atoms with E-state index in [0.29, 0.717) is 59.3 Å². The van der Waals surface area contributed by atoms with E-state index in [0.717, 1.165) is 23.2 Å². The number of dihydropyridines is 1. The van der Waals surface area contributed by atoms with Gasteiger partial charge in [0.1, 0.15) is 0 Å². The molecule has 0 radical (unpaired) electrons. The number of hydrogen-bond acceptors (Lipinski definition) is 8. The van der Waals surface area contributed by atoms with E-state index in [4.69, 9.17) is 23.7 Å². The van der Waals surface area contributed by atoms with Crippen molar-refractivity contribution in [3.05, 3.63) is 70.1 Å². The Bertz CT molecular complexity index is 1290. The maximum atomic E-state index is 13.8.